The standard InChI is InChI=1S/C13H26N2O/c1-11-7-3-2-4-9-12(13(14)15-16)10-6-5-8-11/h11-12,16H,2-10H2,1H3,(H2,14,15). The van der Waals surface area contributed by atoms with E-state index >= 15 is 0 Å². The Morgan fingerprint density at radius 3 is 2.12 bits per heavy atom. The molecule has 0 amide bonds. The van der Waals surface area contributed by atoms with Crippen molar-refractivity contribution in [2.75, 3.05) is 0 Å². The molecule has 2 atom stereocenters. The van der Waals surface area contributed by atoms with Crippen LogP contribution in [0.5, 0.6) is 0 Å². The number of hydrogen-bond acceptors (Lipinski definition) is 2. The highest BCUT2D eigenvalue weighted by Gasteiger charge is 2.15. The molecule has 0 aromatic carbocycles. The molecule has 0 saturated heterocycles. The molecule has 1 aliphatic carbocycles. The molecule has 0 aliphatic heterocycles. The van der Waals surface area contributed by atoms with Crippen LogP contribution in [0.15, 0.2) is 5.16 Å². The van der Waals surface area contributed by atoms with E-state index < -0.39 is 0 Å². The van der Waals surface area contributed by atoms with Gasteiger partial charge in [0.2, 0.25) is 0 Å². The summed E-state index contributed by atoms with van der Waals surface area (Å²) >= 11 is 0. The molecule has 16 heavy (non-hydrogen) atoms. The van der Waals surface area contributed by atoms with E-state index in [2.05, 4.69) is 12.1 Å². The summed E-state index contributed by atoms with van der Waals surface area (Å²) < 4.78 is 0. The minimum absolute atomic E-state index is 0.304. The third-order valence-corrected chi connectivity index (χ3v) is 3.78. The Hall–Kier alpha value is -0.730. The van der Waals surface area contributed by atoms with Crippen LogP contribution in [0.3, 0.4) is 0 Å². The maximum absolute atomic E-state index is 8.74. The Labute approximate surface area is 99.1 Å². The fraction of sp³-hybridized carbons (Fsp3) is 0.923. The van der Waals surface area contributed by atoms with Gasteiger partial charge >= 0.3 is 0 Å². The predicted octanol–water partition coefficient (Wildman–Crippen LogP) is 3.51. The highest BCUT2D eigenvalue weighted by Crippen LogP contribution is 2.23. The summed E-state index contributed by atoms with van der Waals surface area (Å²) in [6, 6.07) is 0. The number of hydrogen-bond donors (Lipinski definition) is 2. The molecule has 0 radical (unpaired) electrons. The van der Waals surface area contributed by atoms with E-state index in [1.165, 1.54) is 44.9 Å². The van der Waals surface area contributed by atoms with Crippen LogP contribution in [0.1, 0.15) is 64.7 Å². The first-order valence-corrected chi connectivity index (χ1v) is 6.71. The molecule has 3 N–H and O–H groups in total. The first-order valence-electron chi connectivity index (χ1n) is 6.71. The highest BCUT2D eigenvalue weighted by molar-refractivity contribution is 5.82. The second-order valence-electron chi connectivity index (χ2n) is 5.25. The van der Waals surface area contributed by atoms with Crippen molar-refractivity contribution in [2.24, 2.45) is 22.7 Å². The first-order chi connectivity index (χ1) is 7.74. The lowest BCUT2D eigenvalue weighted by molar-refractivity contribution is 0.311. The lowest BCUT2D eigenvalue weighted by Crippen LogP contribution is -2.23. The Balaban J connectivity index is 2.43. The van der Waals surface area contributed by atoms with E-state index in [9.17, 15) is 0 Å². The van der Waals surface area contributed by atoms with Crippen LogP contribution in [-0.2, 0) is 0 Å². The average molecular weight is 226 g/mol. The molecule has 1 saturated carbocycles. The molecule has 0 heterocycles. The van der Waals surface area contributed by atoms with E-state index in [1.807, 2.05) is 0 Å². The molecular weight excluding hydrogens is 200 g/mol. The van der Waals surface area contributed by atoms with Crippen LogP contribution >= 0.6 is 0 Å². The van der Waals surface area contributed by atoms with Gasteiger partial charge in [-0.1, -0.05) is 57.0 Å². The molecule has 1 aliphatic rings. The molecule has 0 spiro atoms. The zero-order valence-corrected chi connectivity index (χ0v) is 10.5. The monoisotopic (exact) mass is 226 g/mol. The summed E-state index contributed by atoms with van der Waals surface area (Å²) in [6.45, 7) is 2.36. The van der Waals surface area contributed by atoms with Crippen LogP contribution < -0.4 is 5.73 Å². The largest absolute Gasteiger partial charge is 0.409 e. The van der Waals surface area contributed by atoms with Gasteiger partial charge < -0.3 is 10.9 Å². The van der Waals surface area contributed by atoms with Gasteiger partial charge in [0.1, 0.15) is 5.84 Å². The van der Waals surface area contributed by atoms with Crippen molar-refractivity contribution < 1.29 is 5.21 Å². The van der Waals surface area contributed by atoms with Crippen molar-refractivity contribution in [3.63, 3.8) is 0 Å². The highest BCUT2D eigenvalue weighted by atomic mass is 16.4. The summed E-state index contributed by atoms with van der Waals surface area (Å²) in [5, 5.41) is 11.9. The molecule has 2 unspecified atom stereocenters. The first kappa shape index (κ1) is 13.3. The number of rotatable bonds is 1. The van der Waals surface area contributed by atoms with E-state index in [0.717, 1.165) is 18.8 Å². The summed E-state index contributed by atoms with van der Waals surface area (Å²) in [5.74, 6) is 1.62. The van der Waals surface area contributed by atoms with Crippen molar-refractivity contribution >= 4 is 5.84 Å². The van der Waals surface area contributed by atoms with Gasteiger partial charge in [0.15, 0.2) is 0 Å². The zero-order valence-electron chi connectivity index (χ0n) is 10.5. The fourth-order valence-electron chi connectivity index (χ4n) is 2.61. The van der Waals surface area contributed by atoms with Crippen molar-refractivity contribution in [1.29, 1.82) is 0 Å². The molecule has 0 bridgehead atoms. The van der Waals surface area contributed by atoms with Crippen LogP contribution in [0.25, 0.3) is 0 Å². The maximum atomic E-state index is 8.74. The number of amidine groups is 1. The van der Waals surface area contributed by atoms with Crippen molar-refractivity contribution in [3.05, 3.63) is 0 Å². The Kier molecular flexibility index (Phi) is 6.27. The van der Waals surface area contributed by atoms with Crippen molar-refractivity contribution in [2.45, 2.75) is 64.7 Å². The zero-order chi connectivity index (χ0) is 11.8. The van der Waals surface area contributed by atoms with Crippen LogP contribution in [-0.4, -0.2) is 11.0 Å². The second kappa shape index (κ2) is 7.53. The predicted molar refractivity (Wildman–Crippen MR) is 67.6 cm³/mol. The number of nitrogens with two attached hydrogens (primary N) is 1. The fourth-order valence-corrected chi connectivity index (χ4v) is 2.61. The van der Waals surface area contributed by atoms with Crippen LogP contribution in [0, 0.1) is 11.8 Å². The van der Waals surface area contributed by atoms with Gasteiger partial charge in [0, 0.05) is 5.92 Å². The van der Waals surface area contributed by atoms with Gasteiger partial charge in [-0.15, -0.1) is 0 Å². The molecule has 94 valence electrons. The van der Waals surface area contributed by atoms with E-state index in [-0.39, 0.29) is 0 Å². The minimum atomic E-state index is 0.304. The quantitative estimate of drug-likeness (QED) is 0.311. The maximum Gasteiger partial charge on any atom is 0.142 e. The number of oxime groups is 1. The lowest BCUT2D eigenvalue weighted by Gasteiger charge is -2.14. The third-order valence-electron chi connectivity index (χ3n) is 3.78. The molecule has 3 heteroatoms. The Morgan fingerprint density at radius 1 is 1.00 bits per heavy atom. The van der Waals surface area contributed by atoms with Gasteiger partial charge in [-0.3, -0.25) is 0 Å². The average Bonchev–Trinajstić information content (AvgIpc) is 2.34. The van der Waals surface area contributed by atoms with Gasteiger partial charge in [0.05, 0.1) is 0 Å². The van der Waals surface area contributed by atoms with E-state index in [1.54, 1.807) is 0 Å². The summed E-state index contributed by atoms with van der Waals surface area (Å²) in [5.41, 5.74) is 5.72. The van der Waals surface area contributed by atoms with Gasteiger partial charge in [0.25, 0.3) is 0 Å². The van der Waals surface area contributed by atoms with Gasteiger partial charge in [-0.25, -0.2) is 0 Å². The smallest absolute Gasteiger partial charge is 0.142 e. The summed E-state index contributed by atoms with van der Waals surface area (Å²) in [7, 11) is 0. The van der Waals surface area contributed by atoms with Crippen LogP contribution in [0.2, 0.25) is 0 Å². The summed E-state index contributed by atoms with van der Waals surface area (Å²) in [4.78, 5) is 0. The molecule has 1 rings (SSSR count). The molecular formula is C13H26N2O. The lowest BCUT2D eigenvalue weighted by atomic mass is 9.94. The van der Waals surface area contributed by atoms with E-state index in [0.29, 0.717) is 11.8 Å². The summed E-state index contributed by atoms with van der Waals surface area (Å²) in [6.07, 6.45) is 11.2. The topological polar surface area (TPSA) is 58.6 Å². The third kappa shape index (κ3) is 4.86. The molecule has 3 nitrogen and oxygen atoms in total. The second-order valence-corrected chi connectivity index (χ2v) is 5.25. The molecule has 0 aromatic heterocycles. The molecule has 1 fully saturated rings. The number of nitrogens with zero attached hydrogens (tertiary/aromatic N) is 1. The SMILES string of the molecule is CC1CCCCCC(/C(N)=N/O)CCCC1. The van der Waals surface area contributed by atoms with Crippen molar-refractivity contribution in [1.82, 2.24) is 0 Å². The van der Waals surface area contributed by atoms with E-state index in [4.69, 9.17) is 10.9 Å². The normalized spacial score (nSPS) is 30.7. The Morgan fingerprint density at radius 2 is 1.50 bits per heavy atom. The van der Waals surface area contributed by atoms with Gasteiger partial charge in [-0.05, 0) is 18.8 Å². The van der Waals surface area contributed by atoms with Crippen molar-refractivity contribution in [3.8, 4) is 0 Å². The Bertz CT molecular complexity index is 216. The minimum Gasteiger partial charge on any atom is -0.409 e. The van der Waals surface area contributed by atoms with Crippen LogP contribution in [0.4, 0.5) is 0 Å². The van der Waals surface area contributed by atoms with Gasteiger partial charge in [-0.2, -0.15) is 0 Å². The molecule has 0 aromatic rings.